The van der Waals surface area contributed by atoms with E-state index in [0.717, 1.165) is 72.5 Å². The Hall–Kier alpha value is -7.11. The van der Waals surface area contributed by atoms with Gasteiger partial charge in [-0.25, -0.2) is 9.97 Å². The van der Waals surface area contributed by atoms with E-state index in [2.05, 4.69) is 193 Å². The van der Waals surface area contributed by atoms with E-state index in [0.29, 0.717) is 17.0 Å². The second-order valence-corrected chi connectivity index (χ2v) is 18.0. The number of phenols is 1. The minimum Gasteiger partial charge on any atom is -0.507 e. The molecule has 9 rings (SSSR count). The third-order valence-electron chi connectivity index (χ3n) is 11.7. The van der Waals surface area contributed by atoms with Crippen LogP contribution in [0.2, 0.25) is 0 Å². The third-order valence-corrected chi connectivity index (χ3v) is 11.7. The molecule has 3 aromatic heterocycles. The van der Waals surface area contributed by atoms with E-state index < -0.39 is 0 Å². The van der Waals surface area contributed by atoms with Crippen LogP contribution in [0.1, 0.15) is 58.2 Å². The fourth-order valence-corrected chi connectivity index (χ4v) is 8.27. The maximum atomic E-state index is 12.3. The van der Waals surface area contributed by atoms with Crippen LogP contribution in [0.5, 0.6) is 5.75 Å². The van der Waals surface area contributed by atoms with Crippen LogP contribution in [0.25, 0.3) is 84.0 Å². The predicted molar refractivity (Wildman–Crippen MR) is 253 cm³/mol. The van der Waals surface area contributed by atoms with Gasteiger partial charge < -0.3 is 5.11 Å². The number of para-hydroxylation sites is 1. The predicted octanol–water partition coefficient (Wildman–Crippen LogP) is 14.4. The zero-order valence-electron chi connectivity index (χ0n) is 35.9. The number of aryl methyl sites for hydroxylation is 1. The Labute approximate surface area is 359 Å². The number of nitrogens with zero attached hydrogens (tertiary/aromatic N) is 4. The number of benzene rings is 6. The van der Waals surface area contributed by atoms with Crippen LogP contribution < -0.4 is 0 Å². The number of phenolic OH excluding ortho intramolecular Hbond substituents is 1. The van der Waals surface area contributed by atoms with Gasteiger partial charge in [0.2, 0.25) is 0 Å². The number of hydrogen-bond acceptors (Lipinski definition) is 4. The van der Waals surface area contributed by atoms with Crippen molar-refractivity contribution in [2.45, 2.75) is 59.3 Å². The molecule has 5 nitrogen and oxygen atoms in total. The first-order chi connectivity index (χ1) is 29.3. The van der Waals surface area contributed by atoms with Gasteiger partial charge in [-0.3, -0.25) is 9.55 Å². The Morgan fingerprint density at radius 3 is 1.80 bits per heavy atom. The molecule has 5 heteroatoms. The Morgan fingerprint density at radius 2 is 1.10 bits per heavy atom. The first-order valence-corrected chi connectivity index (χ1v) is 21.0. The SMILES string of the molecule is Cc1cnc(-c2cccc(-c3ccnc4c3nc(-c3cc(C(C)(C)C)cc(C(C)(C)C)c3O)n4-c3ccccc3-c3ccccc3)c2)cc1-c1ccc(-c2ccccc2)cc1. The number of pyridine rings is 2. The summed E-state index contributed by atoms with van der Waals surface area (Å²) in [4.78, 5) is 15.5. The van der Waals surface area contributed by atoms with Gasteiger partial charge >= 0.3 is 0 Å². The minimum absolute atomic E-state index is 0.180. The lowest BCUT2D eigenvalue weighted by molar-refractivity contribution is 0.446. The summed E-state index contributed by atoms with van der Waals surface area (Å²) in [5.41, 5.74) is 16.3. The molecule has 0 fully saturated rings. The van der Waals surface area contributed by atoms with Gasteiger partial charge in [0.25, 0.3) is 0 Å². The topological polar surface area (TPSA) is 63.8 Å². The summed E-state index contributed by atoms with van der Waals surface area (Å²) < 4.78 is 2.13. The van der Waals surface area contributed by atoms with Crippen molar-refractivity contribution in [3.63, 3.8) is 0 Å². The van der Waals surface area contributed by atoms with Gasteiger partial charge in [0.05, 0.1) is 16.9 Å². The van der Waals surface area contributed by atoms with Crippen molar-refractivity contribution in [1.29, 1.82) is 0 Å². The van der Waals surface area contributed by atoms with E-state index in [9.17, 15) is 5.11 Å². The van der Waals surface area contributed by atoms with E-state index >= 15 is 0 Å². The molecule has 0 aliphatic heterocycles. The second-order valence-electron chi connectivity index (χ2n) is 18.0. The molecule has 1 N–H and O–H groups in total. The molecule has 0 saturated carbocycles. The smallest absolute Gasteiger partial charge is 0.165 e. The Balaban J connectivity index is 1.22. The van der Waals surface area contributed by atoms with Crippen LogP contribution >= 0.6 is 0 Å². The fourth-order valence-electron chi connectivity index (χ4n) is 8.27. The molecule has 0 saturated heterocycles. The number of aromatic nitrogens is 4. The summed E-state index contributed by atoms with van der Waals surface area (Å²) in [5, 5.41) is 12.3. The van der Waals surface area contributed by atoms with E-state index in [-0.39, 0.29) is 16.6 Å². The quantitative estimate of drug-likeness (QED) is 0.175. The maximum absolute atomic E-state index is 12.3. The lowest BCUT2D eigenvalue weighted by atomic mass is 9.79. The molecule has 61 heavy (non-hydrogen) atoms. The normalized spacial score (nSPS) is 11.9. The van der Waals surface area contributed by atoms with Crippen LogP contribution in [0.15, 0.2) is 170 Å². The number of imidazole rings is 1. The van der Waals surface area contributed by atoms with Crippen LogP contribution in [0.4, 0.5) is 0 Å². The average molecular weight is 795 g/mol. The molecule has 0 unspecified atom stereocenters. The van der Waals surface area contributed by atoms with Crippen molar-refractivity contribution < 1.29 is 5.11 Å². The molecule has 0 radical (unpaired) electrons. The van der Waals surface area contributed by atoms with Crippen LogP contribution in [0.3, 0.4) is 0 Å². The fraction of sp³-hybridized carbons (Fsp3) is 0.161. The van der Waals surface area contributed by atoms with Crippen molar-refractivity contribution in [3.8, 4) is 78.6 Å². The number of rotatable bonds is 7. The highest BCUT2D eigenvalue weighted by Crippen LogP contribution is 2.45. The maximum Gasteiger partial charge on any atom is 0.165 e. The highest BCUT2D eigenvalue weighted by Gasteiger charge is 2.29. The summed E-state index contributed by atoms with van der Waals surface area (Å²) in [6.07, 6.45) is 3.83. The zero-order chi connectivity index (χ0) is 42.5. The first-order valence-electron chi connectivity index (χ1n) is 21.0. The number of hydrogen-bond donors (Lipinski definition) is 1. The molecule has 0 aliphatic rings. The molecule has 9 aromatic rings. The van der Waals surface area contributed by atoms with E-state index in [4.69, 9.17) is 15.0 Å². The van der Waals surface area contributed by atoms with Gasteiger partial charge in [0, 0.05) is 34.6 Å². The minimum atomic E-state index is -0.321. The molecule has 0 spiro atoms. The highest BCUT2D eigenvalue weighted by atomic mass is 16.3. The molecular formula is C56H50N4O. The summed E-state index contributed by atoms with van der Waals surface area (Å²) in [6.45, 7) is 15.2. The van der Waals surface area contributed by atoms with Crippen LogP contribution in [-0.2, 0) is 10.8 Å². The van der Waals surface area contributed by atoms with Gasteiger partial charge in [0.15, 0.2) is 11.5 Å². The molecule has 0 bridgehead atoms. The molecule has 0 atom stereocenters. The molecule has 300 valence electrons. The molecule has 6 aromatic carbocycles. The first kappa shape index (κ1) is 39.4. The van der Waals surface area contributed by atoms with Crippen LogP contribution in [-0.4, -0.2) is 24.6 Å². The summed E-state index contributed by atoms with van der Waals surface area (Å²) in [5.74, 6) is 0.862. The van der Waals surface area contributed by atoms with Gasteiger partial charge in [0.1, 0.15) is 11.3 Å². The van der Waals surface area contributed by atoms with Crippen molar-refractivity contribution in [2.75, 3.05) is 0 Å². The van der Waals surface area contributed by atoms with Gasteiger partial charge in [-0.1, -0.05) is 169 Å². The largest absolute Gasteiger partial charge is 0.507 e. The molecule has 0 aliphatic carbocycles. The van der Waals surface area contributed by atoms with E-state index in [1.54, 1.807) is 0 Å². The summed E-state index contributed by atoms with van der Waals surface area (Å²) in [6, 6.07) is 55.0. The monoisotopic (exact) mass is 794 g/mol. The zero-order valence-corrected chi connectivity index (χ0v) is 35.9. The van der Waals surface area contributed by atoms with E-state index in [1.165, 1.54) is 11.1 Å². The molecule has 0 amide bonds. The molecule has 3 heterocycles. The third kappa shape index (κ3) is 7.53. The van der Waals surface area contributed by atoms with Crippen molar-refractivity contribution in [1.82, 2.24) is 19.5 Å². The van der Waals surface area contributed by atoms with Crippen molar-refractivity contribution in [2.24, 2.45) is 0 Å². The summed E-state index contributed by atoms with van der Waals surface area (Å²) in [7, 11) is 0. The standard InChI is InChI=1S/C56H50N4O/c1-36-35-58-49(34-46(36)40-27-25-38(26-28-40)37-17-10-8-11-18-37)42-22-16-21-41(31-42)45-29-30-57-54-51(45)59-53(47-32-43(55(2,3)4)33-48(52(47)61)56(5,6)7)60(54)50-24-15-14-23-44(50)39-19-12-9-13-20-39/h8-35,61H,1-7H3. The van der Waals surface area contributed by atoms with E-state index in [1.807, 2.05) is 30.6 Å². The number of aromatic hydroxyl groups is 1. The Kier molecular flexibility index (Phi) is 9.99. The lowest BCUT2D eigenvalue weighted by Crippen LogP contribution is -2.17. The highest BCUT2D eigenvalue weighted by molar-refractivity contribution is 5.95. The Morgan fingerprint density at radius 1 is 0.492 bits per heavy atom. The Bertz CT molecular complexity index is 3040. The average Bonchev–Trinajstić information content (AvgIpc) is 3.66. The van der Waals surface area contributed by atoms with Gasteiger partial charge in [-0.2, -0.15) is 0 Å². The summed E-state index contributed by atoms with van der Waals surface area (Å²) >= 11 is 0. The lowest BCUT2D eigenvalue weighted by Gasteiger charge is -2.27. The number of fused-ring (bicyclic) bond motifs is 1. The van der Waals surface area contributed by atoms with Gasteiger partial charge in [-0.05, 0) is 92.6 Å². The van der Waals surface area contributed by atoms with Crippen molar-refractivity contribution in [3.05, 3.63) is 187 Å². The molecular weight excluding hydrogens is 745 g/mol. The second kappa shape index (κ2) is 15.5. The van der Waals surface area contributed by atoms with Crippen LogP contribution in [0, 0.1) is 6.92 Å². The van der Waals surface area contributed by atoms with Gasteiger partial charge in [-0.15, -0.1) is 0 Å². The van der Waals surface area contributed by atoms with Crippen molar-refractivity contribution >= 4 is 11.2 Å².